The fourth-order valence-corrected chi connectivity index (χ4v) is 4.47. The fraction of sp³-hybridized carbons (Fsp3) is 0.263. The number of carbonyl (C=O) groups is 1. The third-order valence-electron chi connectivity index (χ3n) is 4.97. The second kappa shape index (κ2) is 6.62. The van der Waals surface area contributed by atoms with E-state index in [4.69, 9.17) is 0 Å². The molecule has 27 heavy (non-hydrogen) atoms. The van der Waals surface area contributed by atoms with Crippen LogP contribution in [0.3, 0.4) is 0 Å². The predicted molar refractivity (Wildman–Crippen MR) is 103 cm³/mol. The molecule has 1 aliphatic rings. The Morgan fingerprint density at radius 2 is 2.22 bits per heavy atom. The first-order chi connectivity index (χ1) is 13.3. The Balaban J connectivity index is 1.36. The van der Waals surface area contributed by atoms with Crippen molar-refractivity contribution in [2.75, 3.05) is 6.54 Å². The number of nitrogens with zero attached hydrogens (tertiary/aromatic N) is 5. The summed E-state index contributed by atoms with van der Waals surface area (Å²) in [4.78, 5) is 23.7. The lowest BCUT2D eigenvalue weighted by molar-refractivity contribution is 0.0729. The topological polar surface area (TPSA) is 79.7 Å². The van der Waals surface area contributed by atoms with Crippen molar-refractivity contribution < 1.29 is 4.79 Å². The number of amides is 1. The molecule has 1 amide bonds. The van der Waals surface area contributed by atoms with Crippen LogP contribution in [0.1, 0.15) is 40.1 Å². The van der Waals surface area contributed by atoms with Gasteiger partial charge in [-0.05, 0) is 31.0 Å². The van der Waals surface area contributed by atoms with Gasteiger partial charge in [-0.15, -0.1) is 11.3 Å². The Kier molecular flexibility index (Phi) is 3.97. The van der Waals surface area contributed by atoms with Crippen molar-refractivity contribution in [2.45, 2.75) is 25.4 Å². The van der Waals surface area contributed by atoms with Gasteiger partial charge in [0.05, 0.1) is 35.6 Å². The number of likely N-dealkylation sites (tertiary alicyclic amines) is 1. The zero-order valence-corrected chi connectivity index (χ0v) is 15.4. The molecule has 136 valence electrons. The molecule has 1 aromatic carbocycles. The minimum absolute atomic E-state index is 0.0364. The zero-order chi connectivity index (χ0) is 18.2. The molecule has 8 heteroatoms. The summed E-state index contributed by atoms with van der Waals surface area (Å²) in [6, 6.07) is 9.90. The molecule has 1 N–H and O–H groups in total. The van der Waals surface area contributed by atoms with Gasteiger partial charge in [0, 0.05) is 18.1 Å². The lowest BCUT2D eigenvalue weighted by Gasteiger charge is -2.21. The maximum absolute atomic E-state index is 13.0. The lowest BCUT2D eigenvalue weighted by Crippen LogP contribution is -2.30. The number of imidazole rings is 1. The summed E-state index contributed by atoms with van der Waals surface area (Å²) < 4.78 is 2.05. The molecule has 0 saturated carbocycles. The first-order valence-corrected chi connectivity index (χ1v) is 9.82. The molecular formula is C19H18N6OS. The molecule has 0 radical (unpaired) electrons. The second-order valence-corrected chi connectivity index (χ2v) is 7.59. The molecule has 5 rings (SSSR count). The van der Waals surface area contributed by atoms with Crippen LogP contribution in [-0.2, 0) is 6.54 Å². The number of H-pyrrole nitrogens is 1. The van der Waals surface area contributed by atoms with E-state index in [-0.39, 0.29) is 11.9 Å². The van der Waals surface area contributed by atoms with Gasteiger partial charge in [-0.25, -0.2) is 9.97 Å². The molecule has 0 bridgehead atoms. The van der Waals surface area contributed by atoms with E-state index in [1.54, 1.807) is 17.5 Å². The third kappa shape index (κ3) is 2.91. The van der Waals surface area contributed by atoms with Gasteiger partial charge in [0.1, 0.15) is 10.7 Å². The second-order valence-electron chi connectivity index (χ2n) is 6.67. The Hall–Kier alpha value is -3.00. The number of hydrogen-bond donors (Lipinski definition) is 1. The third-order valence-corrected chi connectivity index (χ3v) is 5.85. The number of hydrogen-bond acceptors (Lipinski definition) is 5. The van der Waals surface area contributed by atoms with Gasteiger partial charge in [0.25, 0.3) is 5.91 Å². The number of benzene rings is 1. The molecule has 1 atom stereocenters. The fourth-order valence-electron chi connectivity index (χ4n) is 3.68. The summed E-state index contributed by atoms with van der Waals surface area (Å²) >= 11 is 1.60. The minimum atomic E-state index is -0.0364. The maximum atomic E-state index is 13.0. The van der Waals surface area contributed by atoms with E-state index in [9.17, 15) is 4.79 Å². The first kappa shape index (κ1) is 16.2. The van der Waals surface area contributed by atoms with Crippen molar-refractivity contribution in [1.29, 1.82) is 0 Å². The van der Waals surface area contributed by atoms with Crippen LogP contribution < -0.4 is 0 Å². The lowest BCUT2D eigenvalue weighted by atomic mass is 10.2. The summed E-state index contributed by atoms with van der Waals surface area (Å²) in [7, 11) is 0. The van der Waals surface area contributed by atoms with E-state index in [0.717, 1.165) is 41.1 Å². The molecule has 1 unspecified atom stereocenters. The van der Waals surface area contributed by atoms with E-state index < -0.39 is 0 Å². The average molecular weight is 378 g/mol. The highest BCUT2D eigenvalue weighted by Gasteiger charge is 2.33. The van der Waals surface area contributed by atoms with Crippen LogP contribution >= 0.6 is 11.3 Å². The van der Waals surface area contributed by atoms with Crippen molar-refractivity contribution in [1.82, 2.24) is 29.6 Å². The Labute approximate surface area is 159 Å². The van der Waals surface area contributed by atoms with Gasteiger partial charge in [0.15, 0.2) is 0 Å². The van der Waals surface area contributed by atoms with Gasteiger partial charge in [-0.2, -0.15) is 5.10 Å². The Bertz CT molecular complexity index is 1080. The van der Waals surface area contributed by atoms with Crippen LogP contribution in [0.5, 0.6) is 0 Å². The molecule has 1 fully saturated rings. The molecule has 0 aliphatic carbocycles. The largest absolute Gasteiger partial charge is 0.328 e. The number of carbonyl (C=O) groups excluding carboxylic acids is 1. The van der Waals surface area contributed by atoms with Crippen LogP contribution in [0.25, 0.3) is 11.0 Å². The normalized spacial score (nSPS) is 17.0. The highest BCUT2D eigenvalue weighted by atomic mass is 32.1. The number of rotatable bonds is 4. The molecule has 4 heterocycles. The summed E-state index contributed by atoms with van der Waals surface area (Å²) in [6.07, 6.45) is 5.56. The number of aromatic amines is 1. The van der Waals surface area contributed by atoms with E-state index in [1.165, 1.54) is 0 Å². The van der Waals surface area contributed by atoms with Crippen molar-refractivity contribution in [3.63, 3.8) is 0 Å². The zero-order valence-electron chi connectivity index (χ0n) is 14.6. The van der Waals surface area contributed by atoms with Crippen LogP contribution in [0.15, 0.2) is 48.2 Å². The number of para-hydroxylation sites is 2. The van der Waals surface area contributed by atoms with E-state index >= 15 is 0 Å². The predicted octanol–water partition coefficient (Wildman–Crippen LogP) is 3.24. The Morgan fingerprint density at radius 1 is 1.30 bits per heavy atom. The van der Waals surface area contributed by atoms with Gasteiger partial charge < -0.3 is 9.47 Å². The highest BCUT2D eigenvalue weighted by Crippen LogP contribution is 2.33. The number of nitrogens with one attached hydrogen (secondary N) is 1. The van der Waals surface area contributed by atoms with Crippen LogP contribution in [0, 0.1) is 0 Å². The molecule has 3 aromatic heterocycles. The van der Waals surface area contributed by atoms with Gasteiger partial charge in [-0.3, -0.25) is 9.89 Å². The Morgan fingerprint density at radius 3 is 3.11 bits per heavy atom. The molecule has 1 saturated heterocycles. The van der Waals surface area contributed by atoms with Crippen LogP contribution in [-0.4, -0.2) is 42.1 Å². The molecule has 4 aromatic rings. The number of thiazole rings is 1. The van der Waals surface area contributed by atoms with Gasteiger partial charge >= 0.3 is 0 Å². The summed E-state index contributed by atoms with van der Waals surface area (Å²) in [5.41, 5.74) is 3.35. The monoisotopic (exact) mass is 378 g/mol. The van der Waals surface area contributed by atoms with Crippen molar-refractivity contribution in [2.24, 2.45) is 0 Å². The van der Waals surface area contributed by atoms with Gasteiger partial charge in [-0.1, -0.05) is 12.1 Å². The SMILES string of the molecule is O=C(c1cc(Cn2cnc3ccccc32)[nH]n1)N1CCCC1c1nccs1. The highest BCUT2D eigenvalue weighted by molar-refractivity contribution is 7.09. The van der Waals surface area contributed by atoms with Crippen LogP contribution in [0.2, 0.25) is 0 Å². The quantitative estimate of drug-likeness (QED) is 0.591. The van der Waals surface area contributed by atoms with E-state index in [2.05, 4.69) is 20.2 Å². The standard InChI is InChI=1S/C19H18N6OS/c26-19(25-8-3-6-17(25)18-20-7-9-27-18)15-10-13(22-23-15)11-24-12-21-14-4-1-2-5-16(14)24/h1-2,4-5,7,9-10,12,17H,3,6,8,11H2,(H,22,23). The summed E-state index contributed by atoms with van der Waals surface area (Å²) in [5.74, 6) is -0.0364. The summed E-state index contributed by atoms with van der Waals surface area (Å²) in [6.45, 7) is 1.34. The molecule has 1 aliphatic heterocycles. The molecular weight excluding hydrogens is 360 g/mol. The maximum Gasteiger partial charge on any atom is 0.274 e. The van der Waals surface area contributed by atoms with Crippen molar-refractivity contribution in [3.8, 4) is 0 Å². The van der Waals surface area contributed by atoms with Crippen molar-refractivity contribution >= 4 is 28.3 Å². The minimum Gasteiger partial charge on any atom is -0.328 e. The number of aromatic nitrogens is 5. The van der Waals surface area contributed by atoms with Crippen LogP contribution in [0.4, 0.5) is 0 Å². The van der Waals surface area contributed by atoms with E-state index in [0.29, 0.717) is 12.2 Å². The average Bonchev–Trinajstić information content (AvgIpc) is 3.47. The first-order valence-electron chi connectivity index (χ1n) is 8.94. The van der Waals surface area contributed by atoms with E-state index in [1.807, 2.05) is 51.5 Å². The smallest absolute Gasteiger partial charge is 0.274 e. The summed E-state index contributed by atoms with van der Waals surface area (Å²) in [5, 5.41) is 10.2. The number of fused-ring (bicyclic) bond motifs is 1. The van der Waals surface area contributed by atoms with Crippen molar-refractivity contribution in [3.05, 3.63) is 64.6 Å². The molecule has 7 nitrogen and oxygen atoms in total. The molecule has 0 spiro atoms. The van der Waals surface area contributed by atoms with Gasteiger partial charge in [0.2, 0.25) is 0 Å².